The number of amides is 1. The first kappa shape index (κ1) is 14.2. The number of piperidine rings is 1. The molecular formula is C14H21N3OS. The molecule has 0 aliphatic carbocycles. The van der Waals surface area contributed by atoms with Gasteiger partial charge in [0.25, 0.3) is 0 Å². The maximum absolute atomic E-state index is 12.1. The topological polar surface area (TPSA) is 36.4 Å². The van der Waals surface area contributed by atoms with Crippen molar-refractivity contribution in [3.05, 3.63) is 22.2 Å². The number of thiazole rings is 1. The molecule has 5 heteroatoms. The number of aromatic nitrogens is 1. The molecule has 1 aliphatic heterocycles. The molecule has 0 N–H and O–H groups in total. The zero-order valence-corrected chi connectivity index (χ0v) is 12.6. The van der Waals surface area contributed by atoms with Crippen molar-refractivity contribution in [2.75, 3.05) is 27.2 Å². The van der Waals surface area contributed by atoms with Crippen LogP contribution in [0.2, 0.25) is 0 Å². The van der Waals surface area contributed by atoms with Crippen molar-refractivity contribution < 1.29 is 4.79 Å². The van der Waals surface area contributed by atoms with Crippen LogP contribution >= 0.6 is 11.3 Å². The molecule has 0 aromatic carbocycles. The number of carbonyl (C=O) groups excluding carboxylic acids is 1. The van der Waals surface area contributed by atoms with Crippen LogP contribution in [0.3, 0.4) is 0 Å². The minimum absolute atomic E-state index is 0.0696. The summed E-state index contributed by atoms with van der Waals surface area (Å²) in [6.45, 7) is 4.10. The third-order valence-corrected chi connectivity index (χ3v) is 4.41. The lowest BCUT2D eigenvalue weighted by atomic mass is 10.0. The van der Waals surface area contributed by atoms with E-state index in [9.17, 15) is 4.79 Å². The van der Waals surface area contributed by atoms with E-state index in [1.165, 1.54) is 0 Å². The Bertz CT molecular complexity index is 461. The molecule has 0 unspecified atom stereocenters. The first-order valence-corrected chi connectivity index (χ1v) is 7.50. The second-order valence-electron chi connectivity index (χ2n) is 5.11. The zero-order valence-electron chi connectivity index (χ0n) is 11.8. The van der Waals surface area contributed by atoms with E-state index in [0.29, 0.717) is 6.04 Å². The van der Waals surface area contributed by atoms with Gasteiger partial charge >= 0.3 is 0 Å². The molecule has 0 radical (unpaired) electrons. The van der Waals surface area contributed by atoms with E-state index >= 15 is 0 Å². The molecule has 0 bridgehead atoms. The fourth-order valence-corrected chi connectivity index (χ4v) is 2.87. The molecular weight excluding hydrogens is 258 g/mol. The van der Waals surface area contributed by atoms with E-state index in [4.69, 9.17) is 0 Å². The highest BCUT2D eigenvalue weighted by molar-refractivity contribution is 7.09. The molecule has 104 valence electrons. The van der Waals surface area contributed by atoms with Crippen LogP contribution in [0.5, 0.6) is 0 Å². The maximum Gasteiger partial charge on any atom is 0.246 e. The third kappa shape index (κ3) is 3.88. The summed E-state index contributed by atoms with van der Waals surface area (Å²) in [4.78, 5) is 20.6. The lowest BCUT2D eigenvalue weighted by Crippen LogP contribution is -2.43. The highest BCUT2D eigenvalue weighted by atomic mass is 32.1. The summed E-state index contributed by atoms with van der Waals surface area (Å²) in [5.74, 6) is 0.0696. The Morgan fingerprint density at radius 1 is 1.53 bits per heavy atom. The molecule has 1 amide bonds. The van der Waals surface area contributed by atoms with Crippen LogP contribution < -0.4 is 0 Å². The van der Waals surface area contributed by atoms with Crippen molar-refractivity contribution in [3.8, 4) is 0 Å². The fraction of sp³-hybridized carbons (Fsp3) is 0.571. The molecule has 4 nitrogen and oxygen atoms in total. The molecule has 2 rings (SSSR count). The van der Waals surface area contributed by atoms with E-state index < -0.39 is 0 Å². The summed E-state index contributed by atoms with van der Waals surface area (Å²) in [5, 5.41) is 2.99. The van der Waals surface area contributed by atoms with Gasteiger partial charge in [0.15, 0.2) is 0 Å². The fourth-order valence-electron chi connectivity index (χ4n) is 2.29. The van der Waals surface area contributed by atoms with Gasteiger partial charge in [0, 0.05) is 24.5 Å². The predicted molar refractivity (Wildman–Crippen MR) is 79.2 cm³/mol. The standard InChI is InChI=1S/C14H21N3OS/c1-11-15-12(10-19-11)4-5-14(18)17(3)13-6-8-16(2)9-7-13/h4-5,10,13H,6-9H2,1-3H3/b5-4+. The lowest BCUT2D eigenvalue weighted by molar-refractivity contribution is -0.127. The summed E-state index contributed by atoms with van der Waals surface area (Å²) in [5.41, 5.74) is 0.868. The Kier molecular flexibility index (Phi) is 4.71. The van der Waals surface area contributed by atoms with Crippen molar-refractivity contribution in [1.29, 1.82) is 0 Å². The van der Waals surface area contributed by atoms with Crippen molar-refractivity contribution in [3.63, 3.8) is 0 Å². The number of nitrogens with zero attached hydrogens (tertiary/aromatic N) is 3. The van der Waals surface area contributed by atoms with Gasteiger partial charge in [-0.05, 0) is 46.0 Å². The number of aryl methyl sites for hydroxylation is 1. The van der Waals surface area contributed by atoms with Gasteiger partial charge in [-0.25, -0.2) is 4.98 Å². The monoisotopic (exact) mass is 279 g/mol. The zero-order chi connectivity index (χ0) is 13.8. The van der Waals surface area contributed by atoms with Gasteiger partial charge in [-0.1, -0.05) is 0 Å². The van der Waals surface area contributed by atoms with Gasteiger partial charge in [-0.15, -0.1) is 11.3 Å². The van der Waals surface area contributed by atoms with Crippen LogP contribution in [0.15, 0.2) is 11.5 Å². The van der Waals surface area contributed by atoms with Crippen LogP contribution in [-0.4, -0.2) is 53.9 Å². The Balaban J connectivity index is 1.90. The van der Waals surface area contributed by atoms with Crippen molar-refractivity contribution in [1.82, 2.24) is 14.8 Å². The Morgan fingerprint density at radius 2 is 2.21 bits per heavy atom. The molecule has 0 saturated carbocycles. The summed E-state index contributed by atoms with van der Waals surface area (Å²) < 4.78 is 0. The van der Waals surface area contributed by atoms with E-state index in [-0.39, 0.29) is 5.91 Å². The van der Waals surface area contributed by atoms with Crippen molar-refractivity contribution in [2.45, 2.75) is 25.8 Å². The Labute approximate surface area is 118 Å². The first-order valence-electron chi connectivity index (χ1n) is 6.62. The molecule has 0 atom stereocenters. The Morgan fingerprint density at radius 3 is 2.79 bits per heavy atom. The summed E-state index contributed by atoms with van der Waals surface area (Å²) >= 11 is 1.60. The molecule has 2 heterocycles. The highest BCUT2D eigenvalue weighted by Gasteiger charge is 2.22. The predicted octanol–water partition coefficient (Wildman–Crippen LogP) is 2.02. The highest BCUT2D eigenvalue weighted by Crippen LogP contribution is 2.15. The number of hydrogen-bond donors (Lipinski definition) is 0. The average Bonchev–Trinajstić information content (AvgIpc) is 2.82. The SMILES string of the molecule is Cc1nc(/C=C/C(=O)N(C)C2CCN(C)CC2)cs1. The molecule has 19 heavy (non-hydrogen) atoms. The third-order valence-electron chi connectivity index (χ3n) is 3.62. The van der Waals surface area contributed by atoms with Gasteiger partial charge in [0.05, 0.1) is 10.7 Å². The van der Waals surface area contributed by atoms with Gasteiger partial charge in [-0.3, -0.25) is 4.79 Å². The van der Waals surface area contributed by atoms with Gasteiger partial charge in [0.1, 0.15) is 0 Å². The van der Waals surface area contributed by atoms with Crippen LogP contribution in [0.1, 0.15) is 23.5 Å². The average molecular weight is 279 g/mol. The molecule has 1 fully saturated rings. The summed E-state index contributed by atoms with van der Waals surface area (Å²) in [6.07, 6.45) is 5.55. The van der Waals surface area contributed by atoms with Gasteiger partial charge in [-0.2, -0.15) is 0 Å². The molecule has 1 aliphatic rings. The second kappa shape index (κ2) is 6.30. The maximum atomic E-state index is 12.1. The lowest BCUT2D eigenvalue weighted by Gasteiger charge is -2.34. The first-order chi connectivity index (χ1) is 9.06. The number of likely N-dealkylation sites (tertiary alicyclic amines) is 1. The molecule has 1 aromatic rings. The number of rotatable bonds is 3. The largest absolute Gasteiger partial charge is 0.339 e. The van der Waals surface area contributed by atoms with E-state index in [2.05, 4.69) is 16.9 Å². The quantitative estimate of drug-likeness (QED) is 0.794. The second-order valence-corrected chi connectivity index (χ2v) is 6.17. The minimum Gasteiger partial charge on any atom is -0.339 e. The van der Waals surface area contributed by atoms with E-state index in [1.807, 2.05) is 24.3 Å². The van der Waals surface area contributed by atoms with E-state index in [0.717, 1.165) is 36.6 Å². The molecule has 0 spiro atoms. The van der Waals surface area contributed by atoms with Crippen LogP contribution in [0.4, 0.5) is 0 Å². The van der Waals surface area contributed by atoms with Crippen molar-refractivity contribution in [2.24, 2.45) is 0 Å². The molecule has 1 saturated heterocycles. The van der Waals surface area contributed by atoms with Crippen molar-refractivity contribution >= 4 is 23.3 Å². The smallest absolute Gasteiger partial charge is 0.246 e. The normalized spacial score (nSPS) is 18.1. The molecule has 1 aromatic heterocycles. The number of likely N-dealkylation sites (N-methyl/N-ethyl adjacent to an activating group) is 1. The number of hydrogen-bond acceptors (Lipinski definition) is 4. The minimum atomic E-state index is 0.0696. The van der Waals surface area contributed by atoms with Crippen LogP contribution in [0.25, 0.3) is 6.08 Å². The van der Waals surface area contributed by atoms with Gasteiger partial charge < -0.3 is 9.80 Å². The van der Waals surface area contributed by atoms with Crippen LogP contribution in [0, 0.1) is 6.92 Å². The Hall–Kier alpha value is -1.20. The summed E-state index contributed by atoms with van der Waals surface area (Å²) in [6, 6.07) is 0.366. The summed E-state index contributed by atoms with van der Waals surface area (Å²) in [7, 11) is 4.03. The van der Waals surface area contributed by atoms with E-state index in [1.54, 1.807) is 23.5 Å². The van der Waals surface area contributed by atoms with Crippen LogP contribution in [-0.2, 0) is 4.79 Å². The number of carbonyl (C=O) groups is 1. The van der Waals surface area contributed by atoms with Gasteiger partial charge in [0.2, 0.25) is 5.91 Å².